The van der Waals surface area contributed by atoms with Crippen molar-refractivity contribution in [1.82, 2.24) is 15.5 Å². The first-order chi connectivity index (χ1) is 9.63. The summed E-state index contributed by atoms with van der Waals surface area (Å²) in [5.74, 6) is 0.854. The highest BCUT2D eigenvalue weighted by Crippen LogP contribution is 2.24. The Kier molecular flexibility index (Phi) is 3.31. The molecule has 1 N–H and O–H groups in total. The molecule has 6 nitrogen and oxygen atoms in total. The highest BCUT2D eigenvalue weighted by Gasteiger charge is 2.35. The predicted molar refractivity (Wildman–Crippen MR) is 70.4 cm³/mol. The molecule has 1 aliphatic heterocycles. The third kappa shape index (κ3) is 2.46. The standard InChI is InChI=1S/C13H12ClN3O3/c1-7-11(16-13(18)19-7)12-15-10(17-20-12)6-8-4-2-3-5-9(8)14/h2-5,7,11H,6H2,1H3,(H,16,18). The number of benzene rings is 1. The molecule has 2 aromatic rings. The van der Waals surface area contributed by atoms with Gasteiger partial charge in [0.25, 0.3) is 5.89 Å². The van der Waals surface area contributed by atoms with Crippen molar-refractivity contribution in [3.8, 4) is 0 Å². The number of rotatable bonds is 3. The number of carbonyl (C=O) groups excluding carboxylic acids is 1. The molecule has 0 radical (unpaired) electrons. The number of aromatic nitrogens is 2. The fourth-order valence-electron chi connectivity index (χ4n) is 2.06. The third-order valence-electron chi connectivity index (χ3n) is 3.09. The fraction of sp³-hybridized carbons (Fsp3) is 0.308. The summed E-state index contributed by atoms with van der Waals surface area (Å²) in [4.78, 5) is 15.4. The number of nitrogens with zero attached hydrogens (tertiary/aromatic N) is 2. The lowest BCUT2D eigenvalue weighted by molar-refractivity contribution is 0.137. The zero-order valence-electron chi connectivity index (χ0n) is 10.7. The molecular formula is C13H12ClN3O3. The van der Waals surface area contributed by atoms with Gasteiger partial charge in [-0.3, -0.25) is 0 Å². The SMILES string of the molecule is CC1OC(=O)NC1c1nc(Cc2ccccc2Cl)no1. The lowest BCUT2D eigenvalue weighted by atomic mass is 10.1. The number of ether oxygens (including phenoxy) is 1. The second-order valence-electron chi connectivity index (χ2n) is 4.55. The summed E-state index contributed by atoms with van der Waals surface area (Å²) in [6, 6.07) is 7.07. The van der Waals surface area contributed by atoms with E-state index in [1.54, 1.807) is 6.92 Å². The monoisotopic (exact) mass is 293 g/mol. The number of nitrogens with one attached hydrogen (secondary N) is 1. The van der Waals surface area contributed by atoms with Gasteiger partial charge < -0.3 is 14.6 Å². The average Bonchev–Trinajstić information content (AvgIpc) is 2.99. The number of alkyl carbamates (subject to hydrolysis) is 1. The Morgan fingerprint density at radius 3 is 2.90 bits per heavy atom. The van der Waals surface area contributed by atoms with Crippen LogP contribution in [0.1, 0.15) is 30.2 Å². The molecule has 0 saturated carbocycles. The van der Waals surface area contributed by atoms with E-state index in [9.17, 15) is 4.79 Å². The topological polar surface area (TPSA) is 77.2 Å². The van der Waals surface area contributed by atoms with E-state index in [0.29, 0.717) is 23.2 Å². The van der Waals surface area contributed by atoms with Gasteiger partial charge in [-0.1, -0.05) is 35.0 Å². The normalized spacial score (nSPS) is 21.6. The maximum absolute atomic E-state index is 11.1. The van der Waals surface area contributed by atoms with Gasteiger partial charge in [0.1, 0.15) is 12.1 Å². The van der Waals surface area contributed by atoms with Crippen LogP contribution in [-0.4, -0.2) is 22.3 Å². The van der Waals surface area contributed by atoms with Gasteiger partial charge in [-0.25, -0.2) is 4.79 Å². The van der Waals surface area contributed by atoms with Gasteiger partial charge in [-0.05, 0) is 18.6 Å². The Hall–Kier alpha value is -2.08. The Morgan fingerprint density at radius 2 is 2.20 bits per heavy atom. The molecule has 104 valence electrons. The molecule has 0 spiro atoms. The fourth-order valence-corrected chi connectivity index (χ4v) is 2.26. The first-order valence-electron chi connectivity index (χ1n) is 6.16. The summed E-state index contributed by atoms with van der Waals surface area (Å²) >= 11 is 6.09. The first-order valence-corrected chi connectivity index (χ1v) is 6.54. The van der Waals surface area contributed by atoms with Gasteiger partial charge in [0.2, 0.25) is 0 Å². The van der Waals surface area contributed by atoms with E-state index in [0.717, 1.165) is 5.56 Å². The van der Waals surface area contributed by atoms with Crippen LogP contribution in [0.2, 0.25) is 5.02 Å². The number of carbonyl (C=O) groups is 1. The van der Waals surface area contributed by atoms with Crippen LogP contribution in [0, 0.1) is 0 Å². The number of amides is 1. The Labute approximate surface area is 120 Å². The predicted octanol–water partition coefficient (Wildman–Crippen LogP) is 2.48. The van der Waals surface area contributed by atoms with Crippen molar-refractivity contribution in [2.45, 2.75) is 25.5 Å². The van der Waals surface area contributed by atoms with Crippen molar-refractivity contribution in [3.05, 3.63) is 46.6 Å². The molecule has 1 aliphatic rings. The van der Waals surface area contributed by atoms with Gasteiger partial charge >= 0.3 is 6.09 Å². The Morgan fingerprint density at radius 1 is 1.40 bits per heavy atom. The highest BCUT2D eigenvalue weighted by atomic mass is 35.5. The maximum atomic E-state index is 11.1. The van der Waals surface area contributed by atoms with Crippen molar-refractivity contribution in [2.24, 2.45) is 0 Å². The second kappa shape index (κ2) is 5.13. The van der Waals surface area contributed by atoms with Crippen molar-refractivity contribution in [1.29, 1.82) is 0 Å². The summed E-state index contributed by atoms with van der Waals surface area (Å²) in [5, 5.41) is 7.19. The number of cyclic esters (lactones) is 1. The molecule has 2 unspecified atom stereocenters. The van der Waals surface area contributed by atoms with Crippen LogP contribution < -0.4 is 5.32 Å². The minimum atomic E-state index is -0.478. The molecule has 20 heavy (non-hydrogen) atoms. The largest absolute Gasteiger partial charge is 0.444 e. The molecule has 1 fully saturated rings. The summed E-state index contributed by atoms with van der Waals surface area (Å²) in [5.41, 5.74) is 0.918. The number of hydrogen-bond acceptors (Lipinski definition) is 5. The van der Waals surface area contributed by atoms with Gasteiger partial charge in [-0.15, -0.1) is 0 Å². The molecule has 3 rings (SSSR count). The molecular weight excluding hydrogens is 282 g/mol. The van der Waals surface area contributed by atoms with Crippen LogP contribution in [0.4, 0.5) is 4.79 Å². The first kappa shape index (κ1) is 12.9. The van der Waals surface area contributed by atoms with Crippen LogP contribution in [0.15, 0.2) is 28.8 Å². The third-order valence-corrected chi connectivity index (χ3v) is 3.46. The average molecular weight is 294 g/mol. The molecule has 1 saturated heterocycles. The molecule has 2 heterocycles. The number of halogens is 1. The highest BCUT2D eigenvalue weighted by molar-refractivity contribution is 6.31. The van der Waals surface area contributed by atoms with Crippen LogP contribution in [0.5, 0.6) is 0 Å². The van der Waals surface area contributed by atoms with Crippen LogP contribution in [-0.2, 0) is 11.2 Å². The van der Waals surface area contributed by atoms with E-state index in [2.05, 4.69) is 15.5 Å². The van der Waals surface area contributed by atoms with Crippen LogP contribution >= 0.6 is 11.6 Å². The van der Waals surface area contributed by atoms with Gasteiger partial charge in [-0.2, -0.15) is 4.98 Å². The molecule has 7 heteroatoms. The summed E-state index contributed by atoms with van der Waals surface area (Å²) in [6.45, 7) is 1.76. The van der Waals surface area contributed by atoms with Crippen LogP contribution in [0.25, 0.3) is 0 Å². The lowest BCUT2D eigenvalue weighted by Crippen LogP contribution is -2.21. The van der Waals surface area contributed by atoms with Crippen molar-refractivity contribution >= 4 is 17.7 Å². The van der Waals surface area contributed by atoms with Crippen molar-refractivity contribution in [2.75, 3.05) is 0 Å². The number of hydrogen-bond donors (Lipinski definition) is 1. The van der Waals surface area contributed by atoms with E-state index in [1.165, 1.54) is 0 Å². The summed E-state index contributed by atoms with van der Waals surface area (Å²) < 4.78 is 10.2. The summed E-state index contributed by atoms with van der Waals surface area (Å²) in [7, 11) is 0. The minimum absolute atomic E-state index is 0.337. The van der Waals surface area contributed by atoms with Crippen molar-refractivity contribution in [3.63, 3.8) is 0 Å². The van der Waals surface area contributed by atoms with E-state index in [4.69, 9.17) is 20.9 Å². The van der Waals surface area contributed by atoms with Gasteiger partial charge in [0.15, 0.2) is 5.82 Å². The van der Waals surface area contributed by atoms with Crippen molar-refractivity contribution < 1.29 is 14.1 Å². The van der Waals surface area contributed by atoms with Crippen LogP contribution in [0.3, 0.4) is 0 Å². The molecule has 2 atom stereocenters. The molecule has 1 aromatic carbocycles. The lowest BCUT2D eigenvalue weighted by Gasteiger charge is -2.06. The molecule has 0 bridgehead atoms. The van der Waals surface area contributed by atoms with E-state index in [-0.39, 0.29) is 6.10 Å². The zero-order chi connectivity index (χ0) is 14.1. The Balaban J connectivity index is 1.77. The smallest absolute Gasteiger partial charge is 0.408 e. The molecule has 0 aliphatic carbocycles. The van der Waals surface area contributed by atoms with Gasteiger partial charge in [0.05, 0.1) is 0 Å². The molecule has 1 amide bonds. The maximum Gasteiger partial charge on any atom is 0.408 e. The zero-order valence-corrected chi connectivity index (χ0v) is 11.4. The second-order valence-corrected chi connectivity index (χ2v) is 4.96. The quantitative estimate of drug-likeness (QED) is 0.940. The van der Waals surface area contributed by atoms with E-state index >= 15 is 0 Å². The van der Waals surface area contributed by atoms with E-state index in [1.807, 2.05) is 24.3 Å². The minimum Gasteiger partial charge on any atom is -0.444 e. The van der Waals surface area contributed by atoms with Gasteiger partial charge in [0, 0.05) is 11.4 Å². The van der Waals surface area contributed by atoms with E-state index < -0.39 is 12.1 Å². The Bertz CT molecular complexity index is 643. The molecule has 1 aromatic heterocycles. The summed E-state index contributed by atoms with van der Waals surface area (Å²) in [6.07, 6.45) is -0.344.